The van der Waals surface area contributed by atoms with Crippen molar-refractivity contribution < 1.29 is 4.39 Å². The van der Waals surface area contributed by atoms with Crippen molar-refractivity contribution >= 4 is 11.6 Å². The molecule has 0 saturated heterocycles. The zero-order chi connectivity index (χ0) is 8.43. The molecule has 0 heterocycles. The Morgan fingerprint density at radius 3 is 2.64 bits per heavy atom. The third kappa shape index (κ3) is 1.91. The van der Waals surface area contributed by atoms with Gasteiger partial charge in [-0.2, -0.15) is 0 Å². The predicted molar refractivity (Wildman–Crippen MR) is 44.0 cm³/mol. The fourth-order valence-corrected chi connectivity index (χ4v) is 1.15. The second-order valence-corrected chi connectivity index (χ2v) is 2.86. The van der Waals surface area contributed by atoms with Crippen molar-refractivity contribution in [2.24, 2.45) is 5.73 Å². The van der Waals surface area contributed by atoms with Gasteiger partial charge in [0.1, 0.15) is 5.82 Å². The summed E-state index contributed by atoms with van der Waals surface area (Å²) in [7, 11) is 0. The van der Waals surface area contributed by atoms with Crippen LogP contribution in [0, 0.1) is 5.82 Å². The molecule has 0 bridgehead atoms. The molecule has 0 spiro atoms. The van der Waals surface area contributed by atoms with E-state index in [1.165, 1.54) is 18.2 Å². The van der Waals surface area contributed by atoms with Crippen molar-refractivity contribution in [1.82, 2.24) is 0 Å². The second-order valence-electron chi connectivity index (χ2n) is 2.45. The topological polar surface area (TPSA) is 26.0 Å². The summed E-state index contributed by atoms with van der Waals surface area (Å²) in [5.41, 5.74) is 6.18. The molecule has 0 aliphatic heterocycles. The molecule has 0 amide bonds. The second kappa shape index (κ2) is 3.20. The van der Waals surface area contributed by atoms with Crippen molar-refractivity contribution in [3.05, 3.63) is 34.6 Å². The first-order chi connectivity index (χ1) is 5.11. The quantitative estimate of drug-likeness (QED) is 0.694. The number of benzene rings is 1. The monoisotopic (exact) mass is 173 g/mol. The van der Waals surface area contributed by atoms with Crippen LogP contribution in [0.25, 0.3) is 0 Å². The minimum absolute atomic E-state index is 0.224. The highest BCUT2D eigenvalue weighted by Crippen LogP contribution is 2.21. The Balaban J connectivity index is 3.13. The Hall–Kier alpha value is -0.600. The van der Waals surface area contributed by atoms with E-state index in [-0.39, 0.29) is 11.9 Å². The summed E-state index contributed by atoms with van der Waals surface area (Å²) < 4.78 is 12.6. The van der Waals surface area contributed by atoms with E-state index >= 15 is 0 Å². The van der Waals surface area contributed by atoms with Gasteiger partial charge in [-0.3, -0.25) is 0 Å². The van der Waals surface area contributed by atoms with Crippen molar-refractivity contribution in [3.63, 3.8) is 0 Å². The highest BCUT2D eigenvalue weighted by Gasteiger charge is 2.05. The van der Waals surface area contributed by atoms with Gasteiger partial charge in [-0.05, 0) is 30.7 Å². The molecule has 1 aromatic rings. The largest absolute Gasteiger partial charge is 0.324 e. The lowest BCUT2D eigenvalue weighted by Crippen LogP contribution is -2.05. The van der Waals surface area contributed by atoms with Crippen LogP contribution in [-0.2, 0) is 0 Å². The Morgan fingerprint density at radius 2 is 2.18 bits per heavy atom. The molecule has 0 aromatic heterocycles. The van der Waals surface area contributed by atoms with Gasteiger partial charge in [0.2, 0.25) is 0 Å². The van der Waals surface area contributed by atoms with E-state index in [0.29, 0.717) is 10.6 Å². The Morgan fingerprint density at radius 1 is 1.55 bits per heavy atom. The van der Waals surface area contributed by atoms with E-state index < -0.39 is 0 Å². The summed E-state index contributed by atoms with van der Waals surface area (Å²) in [6, 6.07) is 3.95. The molecule has 0 saturated carbocycles. The van der Waals surface area contributed by atoms with Gasteiger partial charge < -0.3 is 5.73 Å². The molecule has 0 aliphatic rings. The number of halogens is 2. The van der Waals surface area contributed by atoms with Gasteiger partial charge in [-0.1, -0.05) is 11.6 Å². The smallest absolute Gasteiger partial charge is 0.123 e. The average molecular weight is 174 g/mol. The number of hydrogen-bond acceptors (Lipinski definition) is 1. The van der Waals surface area contributed by atoms with Crippen LogP contribution in [0.5, 0.6) is 0 Å². The summed E-state index contributed by atoms with van der Waals surface area (Å²) in [4.78, 5) is 0. The fourth-order valence-electron chi connectivity index (χ4n) is 0.864. The maximum absolute atomic E-state index is 12.6. The lowest BCUT2D eigenvalue weighted by Gasteiger charge is -2.06. The molecule has 0 fully saturated rings. The first kappa shape index (κ1) is 8.50. The van der Waals surface area contributed by atoms with Crippen molar-refractivity contribution in [2.45, 2.75) is 13.0 Å². The van der Waals surface area contributed by atoms with E-state index in [1.807, 2.05) is 0 Å². The molecular weight excluding hydrogens is 165 g/mol. The predicted octanol–water partition coefficient (Wildman–Crippen LogP) is 2.50. The fraction of sp³-hybridized carbons (Fsp3) is 0.250. The molecule has 11 heavy (non-hydrogen) atoms. The number of nitrogens with two attached hydrogens (primary N) is 1. The SMILES string of the molecule is CC(N)c1cc(F)ccc1Cl. The minimum Gasteiger partial charge on any atom is -0.324 e. The zero-order valence-electron chi connectivity index (χ0n) is 6.14. The average Bonchev–Trinajstić information content (AvgIpc) is 1.94. The lowest BCUT2D eigenvalue weighted by atomic mass is 10.1. The third-order valence-corrected chi connectivity index (χ3v) is 1.79. The van der Waals surface area contributed by atoms with Gasteiger partial charge in [0, 0.05) is 11.1 Å². The third-order valence-electron chi connectivity index (χ3n) is 1.45. The van der Waals surface area contributed by atoms with Crippen molar-refractivity contribution in [2.75, 3.05) is 0 Å². The van der Waals surface area contributed by atoms with Gasteiger partial charge >= 0.3 is 0 Å². The van der Waals surface area contributed by atoms with Crippen molar-refractivity contribution in [1.29, 1.82) is 0 Å². The van der Waals surface area contributed by atoms with Crippen LogP contribution >= 0.6 is 11.6 Å². The van der Waals surface area contributed by atoms with Gasteiger partial charge in [-0.25, -0.2) is 4.39 Å². The van der Waals surface area contributed by atoms with E-state index in [9.17, 15) is 4.39 Å². The van der Waals surface area contributed by atoms with Crippen LogP contribution in [0.15, 0.2) is 18.2 Å². The van der Waals surface area contributed by atoms with Crippen LogP contribution in [0.4, 0.5) is 4.39 Å². The summed E-state index contributed by atoms with van der Waals surface area (Å²) in [5, 5.41) is 0.515. The Kier molecular flexibility index (Phi) is 2.47. The molecule has 2 N–H and O–H groups in total. The van der Waals surface area contributed by atoms with Crippen LogP contribution in [0.1, 0.15) is 18.5 Å². The molecule has 1 atom stereocenters. The molecule has 0 radical (unpaired) electrons. The minimum atomic E-state index is -0.304. The molecule has 1 unspecified atom stereocenters. The van der Waals surface area contributed by atoms with E-state index in [1.54, 1.807) is 6.92 Å². The Labute approximate surface area is 70.0 Å². The summed E-state index contributed by atoms with van der Waals surface area (Å²) in [5.74, 6) is -0.304. The highest BCUT2D eigenvalue weighted by molar-refractivity contribution is 6.31. The molecule has 0 aliphatic carbocycles. The maximum Gasteiger partial charge on any atom is 0.123 e. The maximum atomic E-state index is 12.6. The zero-order valence-corrected chi connectivity index (χ0v) is 6.90. The molecule has 1 rings (SSSR count). The van der Waals surface area contributed by atoms with Gasteiger partial charge in [0.25, 0.3) is 0 Å². The van der Waals surface area contributed by atoms with E-state index in [0.717, 1.165) is 0 Å². The number of rotatable bonds is 1. The number of hydrogen-bond donors (Lipinski definition) is 1. The van der Waals surface area contributed by atoms with E-state index in [2.05, 4.69) is 0 Å². The summed E-state index contributed by atoms with van der Waals surface area (Å²) >= 11 is 5.74. The first-order valence-corrected chi connectivity index (χ1v) is 3.69. The Bertz CT molecular complexity index is 260. The normalized spacial score (nSPS) is 13.1. The molecular formula is C8H9ClFN. The van der Waals surface area contributed by atoms with Crippen LogP contribution in [0.2, 0.25) is 5.02 Å². The molecule has 1 aromatic carbocycles. The van der Waals surface area contributed by atoms with Crippen LogP contribution in [-0.4, -0.2) is 0 Å². The summed E-state index contributed by atoms with van der Waals surface area (Å²) in [6.07, 6.45) is 0. The molecule has 60 valence electrons. The van der Waals surface area contributed by atoms with Crippen LogP contribution < -0.4 is 5.73 Å². The first-order valence-electron chi connectivity index (χ1n) is 3.32. The molecule has 1 nitrogen and oxygen atoms in total. The van der Waals surface area contributed by atoms with E-state index in [4.69, 9.17) is 17.3 Å². The lowest BCUT2D eigenvalue weighted by molar-refractivity contribution is 0.622. The van der Waals surface area contributed by atoms with Crippen LogP contribution in [0.3, 0.4) is 0 Å². The standard InChI is InChI=1S/C8H9ClFN/c1-5(11)7-4-6(10)2-3-8(7)9/h2-5H,11H2,1H3. The summed E-state index contributed by atoms with van der Waals surface area (Å²) in [6.45, 7) is 1.76. The van der Waals surface area contributed by atoms with Gasteiger partial charge in [-0.15, -0.1) is 0 Å². The van der Waals surface area contributed by atoms with Gasteiger partial charge in [0.15, 0.2) is 0 Å². The van der Waals surface area contributed by atoms with Crippen molar-refractivity contribution in [3.8, 4) is 0 Å². The molecule has 3 heteroatoms. The van der Waals surface area contributed by atoms with Gasteiger partial charge in [0.05, 0.1) is 0 Å². The highest BCUT2D eigenvalue weighted by atomic mass is 35.5.